The molecule has 1 N–H and O–H groups in total. The molecule has 0 saturated heterocycles. The third kappa shape index (κ3) is 8.41. The van der Waals surface area contributed by atoms with E-state index in [2.05, 4.69) is 0 Å². The van der Waals surface area contributed by atoms with Crippen LogP contribution in [0.25, 0.3) is 0 Å². The molecule has 0 aromatic heterocycles. The second-order valence-electron chi connectivity index (χ2n) is 6.81. The van der Waals surface area contributed by atoms with Crippen molar-refractivity contribution in [3.63, 3.8) is 0 Å². The highest BCUT2D eigenvalue weighted by Crippen LogP contribution is 2.26. The van der Waals surface area contributed by atoms with Crippen molar-refractivity contribution in [3.8, 4) is 0 Å². The van der Waals surface area contributed by atoms with Gasteiger partial charge in [0.25, 0.3) is 5.92 Å². The number of carbonyl (C=O) groups excluding carboxylic acids is 2. The molecule has 8 heteroatoms. The first-order chi connectivity index (χ1) is 9.68. The Morgan fingerprint density at radius 1 is 1.05 bits per heavy atom. The van der Waals surface area contributed by atoms with Crippen molar-refractivity contribution in [2.75, 3.05) is 12.0 Å². The second-order valence-corrected chi connectivity index (χ2v) is 7.67. The fraction of sp³-hybridized carbons (Fsp3) is 0.857. The zero-order valence-electron chi connectivity index (χ0n) is 14.1. The van der Waals surface area contributed by atoms with E-state index in [0.717, 1.165) is 11.8 Å². The lowest BCUT2D eigenvalue weighted by Crippen LogP contribution is -2.56. The Hall–Kier alpha value is -1.05. The maximum Gasteiger partial charge on any atom is 0.408 e. The van der Waals surface area contributed by atoms with E-state index in [1.165, 1.54) is 6.26 Å². The molecular weight excluding hydrogens is 316 g/mol. The van der Waals surface area contributed by atoms with Gasteiger partial charge >= 0.3 is 12.1 Å². The summed E-state index contributed by atoms with van der Waals surface area (Å²) in [6.07, 6.45) is 0.386. The molecule has 130 valence electrons. The van der Waals surface area contributed by atoms with Gasteiger partial charge in [-0.1, -0.05) is 0 Å². The van der Waals surface area contributed by atoms with E-state index in [1.807, 2.05) is 5.32 Å². The summed E-state index contributed by atoms with van der Waals surface area (Å²) in [5, 5.41) is 1.92. The van der Waals surface area contributed by atoms with Crippen LogP contribution in [0.2, 0.25) is 0 Å². The molecule has 0 fully saturated rings. The first kappa shape index (κ1) is 20.9. The van der Waals surface area contributed by atoms with E-state index < -0.39 is 41.0 Å². The van der Waals surface area contributed by atoms with Gasteiger partial charge in [-0.25, -0.2) is 18.4 Å². The highest BCUT2D eigenvalue weighted by molar-refractivity contribution is 7.98. The normalized spacial score (nSPS) is 14.2. The number of rotatable bonds is 5. The Morgan fingerprint density at radius 2 is 1.50 bits per heavy atom. The van der Waals surface area contributed by atoms with Gasteiger partial charge in [0.2, 0.25) is 0 Å². The van der Waals surface area contributed by atoms with Crippen LogP contribution in [-0.2, 0) is 14.3 Å². The van der Waals surface area contributed by atoms with Gasteiger partial charge in [-0.2, -0.15) is 11.8 Å². The monoisotopic (exact) mass is 341 g/mol. The molecule has 1 amide bonds. The summed E-state index contributed by atoms with van der Waals surface area (Å²) in [5.74, 6) is -5.29. The molecule has 0 radical (unpaired) electrons. The van der Waals surface area contributed by atoms with Crippen LogP contribution >= 0.6 is 11.8 Å². The molecule has 0 aliphatic carbocycles. The number of alkyl halides is 2. The summed E-state index contributed by atoms with van der Waals surface area (Å²) in [7, 11) is 0. The lowest BCUT2D eigenvalue weighted by Gasteiger charge is -2.30. The van der Waals surface area contributed by atoms with Crippen LogP contribution in [0, 0.1) is 0 Å². The van der Waals surface area contributed by atoms with Gasteiger partial charge in [0.1, 0.15) is 11.2 Å². The van der Waals surface area contributed by atoms with Gasteiger partial charge < -0.3 is 14.8 Å². The molecule has 0 heterocycles. The fourth-order valence-electron chi connectivity index (χ4n) is 1.40. The number of hydrogen-bond acceptors (Lipinski definition) is 5. The lowest BCUT2D eigenvalue weighted by atomic mass is 10.1. The number of halogens is 2. The summed E-state index contributed by atoms with van der Waals surface area (Å²) in [6.45, 7) is 9.45. The Balaban J connectivity index is 5.18. The van der Waals surface area contributed by atoms with Gasteiger partial charge in [0.15, 0.2) is 6.04 Å². The van der Waals surface area contributed by atoms with Crippen LogP contribution in [0.3, 0.4) is 0 Å². The van der Waals surface area contributed by atoms with Crippen molar-refractivity contribution in [1.82, 2.24) is 5.32 Å². The smallest absolute Gasteiger partial charge is 0.408 e. The van der Waals surface area contributed by atoms with Gasteiger partial charge in [-0.15, -0.1) is 0 Å². The summed E-state index contributed by atoms with van der Waals surface area (Å²) >= 11 is 0.863. The molecule has 22 heavy (non-hydrogen) atoms. The van der Waals surface area contributed by atoms with Crippen LogP contribution in [0.15, 0.2) is 0 Å². The Labute approximate surface area is 134 Å². The molecule has 0 rings (SSSR count). The van der Waals surface area contributed by atoms with Crippen LogP contribution in [-0.4, -0.2) is 47.2 Å². The first-order valence-corrected chi connectivity index (χ1v) is 8.16. The van der Waals surface area contributed by atoms with Gasteiger partial charge in [-0.05, 0) is 47.8 Å². The highest BCUT2D eigenvalue weighted by atomic mass is 32.2. The molecule has 1 atom stereocenters. The SMILES string of the molecule is CSCC(F)(F)[C@H](NC(=O)OC(C)(C)C)C(=O)OC(C)(C)C. The summed E-state index contributed by atoms with van der Waals surface area (Å²) in [4.78, 5) is 23.7. The zero-order chi connectivity index (χ0) is 17.8. The van der Waals surface area contributed by atoms with Crippen molar-refractivity contribution in [2.24, 2.45) is 0 Å². The van der Waals surface area contributed by atoms with E-state index in [-0.39, 0.29) is 0 Å². The zero-order valence-corrected chi connectivity index (χ0v) is 14.9. The molecule has 5 nitrogen and oxygen atoms in total. The average Bonchev–Trinajstić information content (AvgIpc) is 2.20. The highest BCUT2D eigenvalue weighted by Gasteiger charge is 2.47. The van der Waals surface area contributed by atoms with Crippen LogP contribution in [0.4, 0.5) is 13.6 Å². The van der Waals surface area contributed by atoms with Crippen molar-refractivity contribution >= 4 is 23.8 Å². The third-order valence-electron chi connectivity index (χ3n) is 2.06. The van der Waals surface area contributed by atoms with Crippen LogP contribution in [0.1, 0.15) is 41.5 Å². The maximum absolute atomic E-state index is 14.1. The van der Waals surface area contributed by atoms with Crippen molar-refractivity contribution in [1.29, 1.82) is 0 Å². The third-order valence-corrected chi connectivity index (χ3v) is 2.74. The molecule has 0 aliphatic rings. The predicted octanol–water partition coefficient (Wildman–Crippen LogP) is 3.22. The molecule has 0 unspecified atom stereocenters. The van der Waals surface area contributed by atoms with Gasteiger partial charge in [0.05, 0.1) is 5.75 Å². The van der Waals surface area contributed by atoms with E-state index in [4.69, 9.17) is 9.47 Å². The second kappa shape index (κ2) is 7.48. The average molecular weight is 341 g/mol. The predicted molar refractivity (Wildman–Crippen MR) is 82.3 cm³/mol. The first-order valence-electron chi connectivity index (χ1n) is 6.77. The Morgan fingerprint density at radius 3 is 1.86 bits per heavy atom. The van der Waals surface area contributed by atoms with E-state index in [1.54, 1.807) is 41.5 Å². The maximum atomic E-state index is 14.1. The number of ether oxygens (including phenoxy) is 2. The Bertz CT molecular complexity index is 403. The Kier molecular flexibility index (Phi) is 7.12. The largest absolute Gasteiger partial charge is 0.458 e. The fourth-order valence-corrected chi connectivity index (χ4v) is 1.95. The molecule has 0 aromatic carbocycles. The number of thioether (sulfide) groups is 1. The minimum atomic E-state index is -3.46. The van der Waals surface area contributed by atoms with E-state index in [9.17, 15) is 18.4 Å². The molecule has 0 aromatic rings. The van der Waals surface area contributed by atoms with Crippen molar-refractivity contribution in [2.45, 2.75) is 64.7 Å². The topological polar surface area (TPSA) is 64.6 Å². The molecular formula is C14H25F2NO4S. The number of hydrogen-bond donors (Lipinski definition) is 1. The molecule has 0 bridgehead atoms. The standard InChI is InChI=1S/C14H25F2NO4S/c1-12(2,3)20-10(18)9(14(15,16)8-22-7)17-11(19)21-13(4,5)6/h9H,8H2,1-7H3,(H,17,19)/t9-/m1/s1. The summed E-state index contributed by atoms with van der Waals surface area (Å²) < 4.78 is 38.1. The molecule has 0 saturated carbocycles. The van der Waals surface area contributed by atoms with E-state index in [0.29, 0.717) is 0 Å². The number of nitrogens with one attached hydrogen (secondary N) is 1. The molecule has 0 aliphatic heterocycles. The lowest BCUT2D eigenvalue weighted by molar-refractivity contribution is -0.166. The van der Waals surface area contributed by atoms with Gasteiger partial charge in [-0.3, -0.25) is 0 Å². The number of amides is 1. The summed E-state index contributed by atoms with van der Waals surface area (Å²) in [6, 6.07) is -2.10. The quantitative estimate of drug-likeness (QED) is 0.778. The van der Waals surface area contributed by atoms with Crippen molar-refractivity contribution in [3.05, 3.63) is 0 Å². The number of alkyl carbamates (subject to hydrolysis) is 1. The van der Waals surface area contributed by atoms with Crippen molar-refractivity contribution < 1.29 is 27.8 Å². The van der Waals surface area contributed by atoms with Crippen LogP contribution < -0.4 is 5.32 Å². The molecule has 0 spiro atoms. The number of carbonyl (C=O) groups is 2. The van der Waals surface area contributed by atoms with E-state index >= 15 is 0 Å². The minimum absolute atomic E-state index is 0.632. The van der Waals surface area contributed by atoms with Crippen LogP contribution in [0.5, 0.6) is 0 Å². The number of esters is 1. The minimum Gasteiger partial charge on any atom is -0.458 e. The van der Waals surface area contributed by atoms with Gasteiger partial charge in [0, 0.05) is 0 Å². The summed E-state index contributed by atoms with van der Waals surface area (Å²) in [5.41, 5.74) is -1.81.